The normalized spacial score (nSPS) is 21.0. The number of hydrogen-bond acceptors (Lipinski definition) is 4. The van der Waals surface area contributed by atoms with Crippen molar-refractivity contribution < 1.29 is 19.2 Å². The van der Waals surface area contributed by atoms with Gasteiger partial charge in [-0.05, 0) is 36.5 Å². The summed E-state index contributed by atoms with van der Waals surface area (Å²) in [5.41, 5.74) is 0.770. The lowest BCUT2D eigenvalue weighted by Gasteiger charge is -2.35. The molecule has 1 aromatic rings. The number of amides is 4. The van der Waals surface area contributed by atoms with Crippen LogP contribution in [0.3, 0.4) is 0 Å². The molecule has 2 fully saturated rings. The monoisotopic (exact) mass is 476 g/mol. The summed E-state index contributed by atoms with van der Waals surface area (Å²) in [6.07, 6.45) is 1.17. The molecular formula is C24H33ClN4O4. The molecule has 2 saturated heterocycles. The second-order valence-corrected chi connectivity index (χ2v) is 9.72. The second kappa shape index (κ2) is 11.0. The molecule has 33 heavy (non-hydrogen) atoms. The summed E-state index contributed by atoms with van der Waals surface area (Å²) in [6.45, 7) is 9.10. The van der Waals surface area contributed by atoms with Crippen LogP contribution in [0, 0.1) is 11.8 Å². The summed E-state index contributed by atoms with van der Waals surface area (Å²) in [4.78, 5) is 54.9. The van der Waals surface area contributed by atoms with Crippen LogP contribution in [0.5, 0.6) is 0 Å². The van der Waals surface area contributed by atoms with Crippen molar-refractivity contribution >= 4 is 40.9 Å². The number of halogens is 1. The standard InChI is InChI=1S/C24H33ClN4O4/c1-16-12-17(2)15-29(14-16)24(33)20-13-19(25)4-5-21(20)26-22(31)6-7-23(32)28-10-8-27(9-11-28)18(3)30/h4-5,13,16-17H,6-12,14-15H2,1-3H3,(H,26,31)/t16-,17+. The van der Waals surface area contributed by atoms with E-state index in [1.54, 1.807) is 28.0 Å². The minimum absolute atomic E-state index is 0.00302. The predicted molar refractivity (Wildman–Crippen MR) is 127 cm³/mol. The number of benzene rings is 1. The molecule has 2 atom stereocenters. The molecule has 0 aliphatic carbocycles. The van der Waals surface area contributed by atoms with Crippen LogP contribution < -0.4 is 5.32 Å². The highest BCUT2D eigenvalue weighted by Gasteiger charge is 2.28. The fraction of sp³-hybridized carbons (Fsp3) is 0.583. The van der Waals surface area contributed by atoms with Gasteiger partial charge < -0.3 is 20.0 Å². The molecule has 0 bridgehead atoms. The van der Waals surface area contributed by atoms with Gasteiger partial charge in [0.15, 0.2) is 0 Å². The molecule has 4 amide bonds. The van der Waals surface area contributed by atoms with Gasteiger partial charge >= 0.3 is 0 Å². The summed E-state index contributed by atoms with van der Waals surface area (Å²) in [6, 6.07) is 4.85. The SMILES string of the molecule is CC(=O)N1CCN(C(=O)CCC(=O)Nc2ccc(Cl)cc2C(=O)N2C[C@H](C)C[C@H](C)C2)CC1. The van der Waals surface area contributed by atoms with E-state index in [0.29, 0.717) is 67.4 Å². The maximum atomic E-state index is 13.2. The molecule has 0 spiro atoms. The molecule has 8 nitrogen and oxygen atoms in total. The van der Waals surface area contributed by atoms with E-state index in [4.69, 9.17) is 11.6 Å². The van der Waals surface area contributed by atoms with Gasteiger partial charge in [-0.15, -0.1) is 0 Å². The van der Waals surface area contributed by atoms with Crippen LogP contribution in [0.15, 0.2) is 18.2 Å². The number of anilines is 1. The average Bonchev–Trinajstić information content (AvgIpc) is 2.77. The first-order chi connectivity index (χ1) is 15.6. The van der Waals surface area contributed by atoms with Crippen molar-refractivity contribution in [1.82, 2.24) is 14.7 Å². The molecule has 2 heterocycles. The Bertz CT molecular complexity index is 904. The van der Waals surface area contributed by atoms with Gasteiger partial charge in [0.1, 0.15) is 0 Å². The molecule has 1 N–H and O–H groups in total. The number of rotatable bonds is 5. The number of piperazine rings is 1. The van der Waals surface area contributed by atoms with E-state index in [9.17, 15) is 19.2 Å². The third-order valence-corrected chi connectivity index (χ3v) is 6.52. The van der Waals surface area contributed by atoms with Gasteiger partial charge in [0.25, 0.3) is 5.91 Å². The Morgan fingerprint density at radius 3 is 2.15 bits per heavy atom. The lowest BCUT2D eigenvalue weighted by Crippen LogP contribution is -2.50. The molecule has 2 aliphatic heterocycles. The summed E-state index contributed by atoms with van der Waals surface area (Å²) < 4.78 is 0. The highest BCUT2D eigenvalue weighted by atomic mass is 35.5. The maximum Gasteiger partial charge on any atom is 0.256 e. The third kappa shape index (κ3) is 6.69. The van der Waals surface area contributed by atoms with E-state index in [1.807, 2.05) is 4.90 Å². The van der Waals surface area contributed by atoms with E-state index < -0.39 is 0 Å². The van der Waals surface area contributed by atoms with E-state index in [1.165, 1.54) is 6.92 Å². The van der Waals surface area contributed by atoms with Crippen molar-refractivity contribution in [3.8, 4) is 0 Å². The van der Waals surface area contributed by atoms with Crippen molar-refractivity contribution in [3.63, 3.8) is 0 Å². The van der Waals surface area contributed by atoms with Crippen LogP contribution in [0.1, 0.15) is 50.4 Å². The molecule has 1 aromatic carbocycles. The quantitative estimate of drug-likeness (QED) is 0.707. The second-order valence-electron chi connectivity index (χ2n) is 9.28. The number of hydrogen-bond donors (Lipinski definition) is 1. The molecule has 0 unspecified atom stereocenters. The summed E-state index contributed by atoms with van der Waals surface area (Å²) in [5, 5.41) is 3.22. The van der Waals surface area contributed by atoms with Crippen LogP contribution in [0.2, 0.25) is 5.02 Å². The Morgan fingerprint density at radius 2 is 1.55 bits per heavy atom. The largest absolute Gasteiger partial charge is 0.339 e. The van der Waals surface area contributed by atoms with Crippen LogP contribution in [0.4, 0.5) is 5.69 Å². The molecule has 0 radical (unpaired) electrons. The zero-order valence-corrected chi connectivity index (χ0v) is 20.4. The lowest BCUT2D eigenvalue weighted by molar-refractivity contribution is -0.138. The molecular weight excluding hydrogens is 444 g/mol. The zero-order valence-electron chi connectivity index (χ0n) is 19.6. The van der Waals surface area contributed by atoms with Crippen LogP contribution in [-0.2, 0) is 14.4 Å². The lowest BCUT2D eigenvalue weighted by atomic mass is 9.91. The van der Waals surface area contributed by atoms with Gasteiger partial charge in [-0.2, -0.15) is 0 Å². The Kier molecular flexibility index (Phi) is 8.35. The van der Waals surface area contributed by atoms with Crippen molar-refractivity contribution in [2.45, 2.75) is 40.0 Å². The topological polar surface area (TPSA) is 90.0 Å². The van der Waals surface area contributed by atoms with Crippen molar-refractivity contribution in [2.24, 2.45) is 11.8 Å². The zero-order chi connectivity index (χ0) is 24.1. The van der Waals surface area contributed by atoms with Crippen LogP contribution in [0.25, 0.3) is 0 Å². The van der Waals surface area contributed by atoms with Gasteiger partial charge in [0, 0.05) is 64.1 Å². The minimum atomic E-state index is -0.331. The van der Waals surface area contributed by atoms with Crippen molar-refractivity contribution in [2.75, 3.05) is 44.6 Å². The molecule has 9 heteroatoms. The Hall–Kier alpha value is -2.61. The maximum absolute atomic E-state index is 13.2. The number of likely N-dealkylation sites (tertiary alicyclic amines) is 1. The first-order valence-corrected chi connectivity index (χ1v) is 11.9. The number of carbonyl (C=O) groups excluding carboxylic acids is 4. The minimum Gasteiger partial charge on any atom is -0.339 e. The smallest absolute Gasteiger partial charge is 0.256 e. The molecule has 0 aromatic heterocycles. The van der Waals surface area contributed by atoms with E-state index in [0.717, 1.165) is 6.42 Å². The predicted octanol–water partition coefficient (Wildman–Crippen LogP) is 2.87. The summed E-state index contributed by atoms with van der Waals surface area (Å²) in [7, 11) is 0. The molecule has 2 aliphatic rings. The third-order valence-electron chi connectivity index (χ3n) is 6.29. The van der Waals surface area contributed by atoms with E-state index in [2.05, 4.69) is 19.2 Å². The average molecular weight is 477 g/mol. The fourth-order valence-corrected chi connectivity index (χ4v) is 4.84. The van der Waals surface area contributed by atoms with Gasteiger partial charge in [-0.1, -0.05) is 25.4 Å². The summed E-state index contributed by atoms with van der Waals surface area (Å²) in [5.74, 6) is 0.241. The number of carbonyl (C=O) groups is 4. The van der Waals surface area contributed by atoms with E-state index in [-0.39, 0.29) is 36.5 Å². The highest BCUT2D eigenvalue weighted by molar-refractivity contribution is 6.31. The Balaban J connectivity index is 1.58. The van der Waals surface area contributed by atoms with Crippen molar-refractivity contribution in [1.29, 1.82) is 0 Å². The van der Waals surface area contributed by atoms with Crippen LogP contribution in [-0.4, -0.2) is 77.6 Å². The summed E-state index contributed by atoms with van der Waals surface area (Å²) >= 11 is 6.15. The number of nitrogens with one attached hydrogen (secondary N) is 1. The fourth-order valence-electron chi connectivity index (χ4n) is 4.66. The molecule has 180 valence electrons. The van der Waals surface area contributed by atoms with E-state index >= 15 is 0 Å². The Labute approximate surface area is 200 Å². The Morgan fingerprint density at radius 1 is 0.939 bits per heavy atom. The number of nitrogens with zero attached hydrogens (tertiary/aromatic N) is 3. The van der Waals surface area contributed by atoms with Crippen molar-refractivity contribution in [3.05, 3.63) is 28.8 Å². The van der Waals surface area contributed by atoms with Crippen LogP contribution >= 0.6 is 11.6 Å². The van der Waals surface area contributed by atoms with Gasteiger partial charge in [-0.3, -0.25) is 19.2 Å². The highest BCUT2D eigenvalue weighted by Crippen LogP contribution is 2.27. The molecule has 0 saturated carbocycles. The van der Waals surface area contributed by atoms with Gasteiger partial charge in [0.2, 0.25) is 17.7 Å². The first kappa shape index (κ1) is 25.0. The van der Waals surface area contributed by atoms with Gasteiger partial charge in [0.05, 0.1) is 11.3 Å². The first-order valence-electron chi connectivity index (χ1n) is 11.6. The van der Waals surface area contributed by atoms with Gasteiger partial charge in [-0.25, -0.2) is 0 Å². The number of piperidine rings is 1. The molecule has 3 rings (SSSR count).